The van der Waals surface area contributed by atoms with E-state index in [1.54, 1.807) is 0 Å². The first kappa shape index (κ1) is 12.9. The van der Waals surface area contributed by atoms with Gasteiger partial charge in [-0.25, -0.2) is 0 Å². The van der Waals surface area contributed by atoms with Gasteiger partial charge in [-0.05, 0) is 39.2 Å². The largest absolute Gasteiger partial charge is 0.394 e. The molecular weight excluding hydrogens is 208 g/mol. The Hall–Kier alpha value is -0.190. The van der Waals surface area contributed by atoms with Crippen molar-refractivity contribution in [3.8, 4) is 0 Å². The molecule has 0 aromatic rings. The summed E-state index contributed by atoms with van der Waals surface area (Å²) in [5.41, 5.74) is 5.74. The Morgan fingerprint density at radius 1 is 1.53 bits per heavy atom. The molecule has 1 aliphatic carbocycles. The lowest BCUT2D eigenvalue weighted by Gasteiger charge is -2.36. The van der Waals surface area contributed by atoms with Crippen molar-refractivity contribution in [1.29, 1.82) is 0 Å². The van der Waals surface area contributed by atoms with Crippen LogP contribution in [-0.2, 0) is 0 Å². The lowest BCUT2D eigenvalue weighted by atomic mass is 9.97. The number of rotatable bonds is 6. The highest BCUT2D eigenvalue weighted by molar-refractivity contribution is 7.80. The maximum absolute atomic E-state index is 9.27. The van der Waals surface area contributed by atoms with Crippen molar-refractivity contribution in [2.75, 3.05) is 20.2 Å². The van der Waals surface area contributed by atoms with Crippen LogP contribution in [0.3, 0.4) is 0 Å². The van der Waals surface area contributed by atoms with E-state index < -0.39 is 0 Å². The van der Waals surface area contributed by atoms with Gasteiger partial charge in [0.2, 0.25) is 0 Å². The summed E-state index contributed by atoms with van der Waals surface area (Å²) >= 11 is 4.97. The van der Waals surface area contributed by atoms with Gasteiger partial charge in [0, 0.05) is 18.5 Å². The third-order valence-corrected chi connectivity index (χ3v) is 3.64. The molecule has 88 valence electrons. The average molecular weight is 230 g/mol. The smallest absolute Gasteiger partial charge is 0.0733 e. The van der Waals surface area contributed by atoms with E-state index in [0.29, 0.717) is 10.4 Å². The van der Waals surface area contributed by atoms with Crippen LogP contribution in [0.1, 0.15) is 33.1 Å². The van der Waals surface area contributed by atoms with Gasteiger partial charge in [-0.15, -0.1) is 0 Å². The molecule has 1 fully saturated rings. The van der Waals surface area contributed by atoms with Crippen LogP contribution in [0, 0.1) is 5.41 Å². The number of hydrogen-bond donors (Lipinski definition) is 2. The maximum atomic E-state index is 9.27. The zero-order chi connectivity index (χ0) is 11.7. The van der Waals surface area contributed by atoms with Crippen LogP contribution in [0.15, 0.2) is 0 Å². The van der Waals surface area contributed by atoms with E-state index in [0.717, 1.165) is 13.0 Å². The molecule has 0 atom stereocenters. The first-order valence-corrected chi connectivity index (χ1v) is 5.83. The molecule has 0 aromatic heterocycles. The second-order valence-corrected chi connectivity index (χ2v) is 5.99. The van der Waals surface area contributed by atoms with Crippen molar-refractivity contribution in [3.05, 3.63) is 0 Å². The predicted octanol–water partition coefficient (Wildman–Crippen LogP) is 1.15. The molecular formula is C11H22N2OS. The van der Waals surface area contributed by atoms with E-state index in [-0.39, 0.29) is 12.1 Å². The first-order chi connectivity index (χ1) is 6.81. The lowest BCUT2D eigenvalue weighted by Crippen LogP contribution is -2.47. The van der Waals surface area contributed by atoms with E-state index >= 15 is 0 Å². The summed E-state index contributed by atoms with van der Waals surface area (Å²) in [6.07, 6.45) is 3.25. The molecule has 1 aliphatic rings. The van der Waals surface area contributed by atoms with Gasteiger partial charge >= 0.3 is 0 Å². The number of hydrogen-bond acceptors (Lipinski definition) is 3. The average Bonchev–Trinajstić information content (AvgIpc) is 2.83. The summed E-state index contributed by atoms with van der Waals surface area (Å²) in [5.74, 6) is 0. The Balaban J connectivity index is 2.51. The van der Waals surface area contributed by atoms with Gasteiger partial charge in [0.25, 0.3) is 0 Å². The minimum Gasteiger partial charge on any atom is -0.394 e. The second kappa shape index (κ2) is 4.36. The monoisotopic (exact) mass is 230 g/mol. The van der Waals surface area contributed by atoms with E-state index in [4.69, 9.17) is 18.0 Å². The second-order valence-electron chi connectivity index (χ2n) is 5.47. The van der Waals surface area contributed by atoms with Crippen LogP contribution in [-0.4, -0.2) is 40.7 Å². The fourth-order valence-electron chi connectivity index (χ4n) is 1.78. The molecule has 3 nitrogen and oxygen atoms in total. The molecule has 1 saturated carbocycles. The van der Waals surface area contributed by atoms with Crippen LogP contribution in [0.25, 0.3) is 0 Å². The van der Waals surface area contributed by atoms with E-state index in [1.807, 2.05) is 13.8 Å². The van der Waals surface area contributed by atoms with Crippen molar-refractivity contribution in [2.45, 2.75) is 38.6 Å². The standard InChI is InChI=1S/C11H22N2OS/c1-10(2,8-14)13(3)7-11(4-5-11)6-9(12)15/h14H,4-8H2,1-3H3,(H2,12,15). The maximum Gasteiger partial charge on any atom is 0.0733 e. The number of aliphatic hydroxyl groups is 1. The van der Waals surface area contributed by atoms with E-state index in [9.17, 15) is 5.11 Å². The number of aliphatic hydroxyl groups excluding tert-OH is 1. The van der Waals surface area contributed by atoms with Gasteiger partial charge < -0.3 is 10.8 Å². The Labute approximate surface area is 97.6 Å². The van der Waals surface area contributed by atoms with E-state index in [1.165, 1.54) is 12.8 Å². The van der Waals surface area contributed by atoms with Crippen LogP contribution >= 0.6 is 12.2 Å². The minimum atomic E-state index is -0.161. The molecule has 0 aliphatic heterocycles. The van der Waals surface area contributed by atoms with Gasteiger partial charge in [0.15, 0.2) is 0 Å². The zero-order valence-electron chi connectivity index (χ0n) is 9.92. The van der Waals surface area contributed by atoms with Crippen molar-refractivity contribution >= 4 is 17.2 Å². The van der Waals surface area contributed by atoms with Crippen molar-refractivity contribution in [2.24, 2.45) is 11.1 Å². The molecule has 0 spiro atoms. The van der Waals surface area contributed by atoms with Gasteiger partial charge in [-0.2, -0.15) is 0 Å². The van der Waals surface area contributed by atoms with Gasteiger partial charge in [0.05, 0.1) is 11.6 Å². The zero-order valence-corrected chi connectivity index (χ0v) is 10.7. The summed E-state index contributed by atoms with van der Waals surface area (Å²) in [6, 6.07) is 0. The molecule has 0 bridgehead atoms. The minimum absolute atomic E-state index is 0.161. The fourth-order valence-corrected chi connectivity index (χ4v) is 2.08. The van der Waals surface area contributed by atoms with Crippen LogP contribution in [0.2, 0.25) is 0 Å². The molecule has 15 heavy (non-hydrogen) atoms. The van der Waals surface area contributed by atoms with Crippen LogP contribution in [0.5, 0.6) is 0 Å². The summed E-state index contributed by atoms with van der Waals surface area (Å²) in [4.78, 5) is 2.82. The Bertz CT molecular complexity index is 249. The first-order valence-electron chi connectivity index (χ1n) is 5.42. The normalized spacial score (nSPS) is 19.3. The number of thiocarbonyl (C=S) groups is 1. The molecule has 0 heterocycles. The van der Waals surface area contributed by atoms with Crippen molar-refractivity contribution in [1.82, 2.24) is 4.90 Å². The lowest BCUT2D eigenvalue weighted by molar-refractivity contribution is 0.0634. The molecule has 0 amide bonds. The summed E-state index contributed by atoms with van der Waals surface area (Å²) < 4.78 is 0. The highest BCUT2D eigenvalue weighted by Gasteiger charge is 2.45. The molecule has 1 rings (SSSR count). The molecule has 0 radical (unpaired) electrons. The molecule has 0 aromatic carbocycles. The van der Waals surface area contributed by atoms with Crippen molar-refractivity contribution in [3.63, 3.8) is 0 Å². The van der Waals surface area contributed by atoms with Crippen LogP contribution < -0.4 is 5.73 Å². The third-order valence-electron chi connectivity index (χ3n) is 3.50. The number of nitrogens with zero attached hydrogens (tertiary/aromatic N) is 1. The molecule has 0 unspecified atom stereocenters. The topological polar surface area (TPSA) is 49.5 Å². The quantitative estimate of drug-likeness (QED) is 0.672. The van der Waals surface area contributed by atoms with Gasteiger partial charge in [0.1, 0.15) is 0 Å². The SMILES string of the molecule is CN(CC1(CC(N)=S)CC1)C(C)(C)CO. The summed E-state index contributed by atoms with van der Waals surface area (Å²) in [6.45, 7) is 5.23. The van der Waals surface area contributed by atoms with Gasteiger partial charge in [-0.1, -0.05) is 12.2 Å². The highest BCUT2D eigenvalue weighted by atomic mass is 32.1. The Morgan fingerprint density at radius 3 is 2.40 bits per heavy atom. The molecule has 3 N–H and O–H groups in total. The van der Waals surface area contributed by atoms with Gasteiger partial charge in [-0.3, -0.25) is 4.90 Å². The number of nitrogens with two attached hydrogens (primary N) is 1. The molecule has 4 heteroatoms. The van der Waals surface area contributed by atoms with E-state index in [2.05, 4.69) is 11.9 Å². The summed E-state index contributed by atoms with van der Waals surface area (Å²) in [7, 11) is 2.05. The Kier molecular flexibility index (Phi) is 3.74. The van der Waals surface area contributed by atoms with Crippen LogP contribution in [0.4, 0.5) is 0 Å². The predicted molar refractivity (Wildman–Crippen MR) is 66.9 cm³/mol. The molecule has 0 saturated heterocycles. The fraction of sp³-hybridized carbons (Fsp3) is 0.909. The van der Waals surface area contributed by atoms with Crippen molar-refractivity contribution < 1.29 is 5.11 Å². The summed E-state index contributed by atoms with van der Waals surface area (Å²) in [5, 5.41) is 9.27. The Morgan fingerprint density at radius 2 is 2.07 bits per heavy atom. The highest BCUT2D eigenvalue weighted by Crippen LogP contribution is 2.49. The number of likely N-dealkylation sites (N-methyl/N-ethyl adjacent to an activating group) is 1. The third kappa shape index (κ3) is 3.40.